The number of thiazole rings is 2. The highest BCUT2D eigenvalue weighted by atomic mass is 32.1. The predicted molar refractivity (Wildman–Crippen MR) is 103 cm³/mol. The fourth-order valence-electron chi connectivity index (χ4n) is 2.27. The van der Waals surface area contributed by atoms with E-state index in [1.54, 1.807) is 22.7 Å². The second kappa shape index (κ2) is 6.51. The molecule has 0 aliphatic rings. The normalized spacial score (nSPS) is 11.8. The van der Waals surface area contributed by atoms with E-state index in [2.05, 4.69) is 38.7 Å². The third-order valence-electron chi connectivity index (χ3n) is 3.50. The molecule has 2 aromatic carbocycles. The van der Waals surface area contributed by atoms with Gasteiger partial charge in [-0.3, -0.25) is 5.43 Å². The minimum absolute atomic E-state index is 0.773. The molecular formula is C18H14N4S2. The fraction of sp³-hybridized carbons (Fsp3) is 0.0556. The van der Waals surface area contributed by atoms with E-state index in [-0.39, 0.29) is 0 Å². The Hall–Kier alpha value is -2.57. The van der Waals surface area contributed by atoms with Crippen molar-refractivity contribution in [3.8, 4) is 11.3 Å². The molecule has 0 amide bonds. The van der Waals surface area contributed by atoms with Crippen molar-refractivity contribution in [2.75, 3.05) is 5.43 Å². The molecule has 0 aliphatic heterocycles. The molecule has 24 heavy (non-hydrogen) atoms. The maximum atomic E-state index is 4.61. The predicted octanol–water partition coefficient (Wildman–Crippen LogP) is 5.26. The van der Waals surface area contributed by atoms with Crippen LogP contribution >= 0.6 is 22.7 Å². The van der Waals surface area contributed by atoms with Crippen LogP contribution in [0.25, 0.3) is 21.5 Å². The molecule has 4 aromatic rings. The van der Waals surface area contributed by atoms with Crippen molar-refractivity contribution in [1.29, 1.82) is 0 Å². The highest BCUT2D eigenvalue weighted by Crippen LogP contribution is 2.25. The number of hydrogen-bond acceptors (Lipinski definition) is 6. The summed E-state index contributed by atoms with van der Waals surface area (Å²) in [5.74, 6) is 0. The highest BCUT2D eigenvalue weighted by molar-refractivity contribution is 7.20. The topological polar surface area (TPSA) is 50.2 Å². The molecule has 118 valence electrons. The summed E-state index contributed by atoms with van der Waals surface area (Å²) in [4.78, 5) is 9.18. The second-order valence-corrected chi connectivity index (χ2v) is 7.09. The number of nitrogens with zero attached hydrogens (tertiary/aromatic N) is 3. The van der Waals surface area contributed by atoms with Crippen molar-refractivity contribution >= 4 is 43.7 Å². The van der Waals surface area contributed by atoms with Gasteiger partial charge in [-0.1, -0.05) is 42.5 Å². The van der Waals surface area contributed by atoms with Crippen molar-refractivity contribution in [2.24, 2.45) is 5.10 Å². The minimum Gasteiger partial charge on any atom is -0.252 e. The molecule has 0 unspecified atom stereocenters. The zero-order valence-corrected chi connectivity index (χ0v) is 14.6. The zero-order valence-electron chi connectivity index (χ0n) is 12.9. The monoisotopic (exact) mass is 350 g/mol. The van der Waals surface area contributed by atoms with Crippen LogP contribution < -0.4 is 5.43 Å². The summed E-state index contributed by atoms with van der Waals surface area (Å²) in [6, 6.07) is 18.2. The molecule has 2 heterocycles. The third kappa shape index (κ3) is 3.06. The van der Waals surface area contributed by atoms with Gasteiger partial charge in [-0.05, 0) is 19.1 Å². The molecule has 2 aromatic heterocycles. The van der Waals surface area contributed by atoms with Gasteiger partial charge in [0.15, 0.2) is 0 Å². The molecule has 0 fully saturated rings. The van der Waals surface area contributed by atoms with E-state index < -0.39 is 0 Å². The Morgan fingerprint density at radius 1 is 1.00 bits per heavy atom. The summed E-state index contributed by atoms with van der Waals surface area (Å²) >= 11 is 3.18. The van der Waals surface area contributed by atoms with Crippen LogP contribution in [0.15, 0.2) is 65.1 Å². The zero-order chi connectivity index (χ0) is 16.4. The summed E-state index contributed by atoms with van der Waals surface area (Å²) in [6.45, 7) is 1.95. The summed E-state index contributed by atoms with van der Waals surface area (Å²) < 4.78 is 1.17. The van der Waals surface area contributed by atoms with Crippen LogP contribution in [-0.2, 0) is 0 Å². The number of benzene rings is 2. The highest BCUT2D eigenvalue weighted by Gasteiger charge is 2.07. The lowest BCUT2D eigenvalue weighted by atomic mass is 10.2. The van der Waals surface area contributed by atoms with Gasteiger partial charge in [-0.15, -0.1) is 22.7 Å². The molecule has 0 atom stereocenters. The van der Waals surface area contributed by atoms with Crippen molar-refractivity contribution in [2.45, 2.75) is 6.92 Å². The third-order valence-corrected chi connectivity index (χ3v) is 5.39. The Kier molecular flexibility index (Phi) is 4.06. The first-order chi connectivity index (χ1) is 11.8. The first-order valence-corrected chi connectivity index (χ1v) is 9.16. The summed E-state index contributed by atoms with van der Waals surface area (Å²) in [7, 11) is 0. The average molecular weight is 350 g/mol. The summed E-state index contributed by atoms with van der Waals surface area (Å²) in [5.41, 5.74) is 6.96. The molecule has 0 aliphatic carbocycles. The van der Waals surface area contributed by atoms with Gasteiger partial charge in [-0.25, -0.2) is 9.97 Å². The number of nitrogens with one attached hydrogen (secondary N) is 1. The van der Waals surface area contributed by atoms with Gasteiger partial charge in [0.25, 0.3) is 0 Å². The maximum absolute atomic E-state index is 4.61. The van der Waals surface area contributed by atoms with Crippen LogP contribution in [0, 0.1) is 0 Å². The average Bonchev–Trinajstić information content (AvgIpc) is 3.27. The molecular weight excluding hydrogens is 336 g/mol. The molecule has 4 nitrogen and oxygen atoms in total. The van der Waals surface area contributed by atoms with E-state index in [4.69, 9.17) is 0 Å². The Morgan fingerprint density at radius 3 is 2.62 bits per heavy atom. The van der Waals surface area contributed by atoms with Gasteiger partial charge in [0.1, 0.15) is 5.01 Å². The van der Waals surface area contributed by atoms with E-state index in [9.17, 15) is 0 Å². The molecule has 0 saturated heterocycles. The first kappa shape index (κ1) is 15.0. The number of fused-ring (bicyclic) bond motifs is 1. The number of anilines is 1. The lowest BCUT2D eigenvalue weighted by Crippen LogP contribution is -1.98. The van der Waals surface area contributed by atoms with E-state index >= 15 is 0 Å². The van der Waals surface area contributed by atoms with E-state index in [0.717, 1.165) is 32.6 Å². The smallest absolute Gasteiger partial charge is 0.203 e. The van der Waals surface area contributed by atoms with Crippen molar-refractivity contribution in [3.63, 3.8) is 0 Å². The molecule has 1 N–H and O–H groups in total. The van der Waals surface area contributed by atoms with E-state index in [1.165, 1.54) is 4.70 Å². The standard InChI is InChI=1S/C18H14N4S2/c1-12(17-19-14-9-5-6-10-16(14)24-17)21-22-18-20-15(11-23-18)13-7-3-2-4-8-13/h2-11H,1H3,(H,20,22)/b21-12-. The van der Waals surface area contributed by atoms with E-state index in [1.807, 2.05) is 48.7 Å². The van der Waals surface area contributed by atoms with Crippen molar-refractivity contribution in [1.82, 2.24) is 9.97 Å². The lowest BCUT2D eigenvalue weighted by Gasteiger charge is -1.97. The lowest BCUT2D eigenvalue weighted by molar-refractivity contribution is 1.27. The Balaban J connectivity index is 1.53. The van der Waals surface area contributed by atoms with Gasteiger partial charge in [-0.2, -0.15) is 5.10 Å². The van der Waals surface area contributed by atoms with Gasteiger partial charge in [0, 0.05) is 10.9 Å². The molecule has 0 bridgehead atoms. The largest absolute Gasteiger partial charge is 0.252 e. The number of rotatable bonds is 4. The van der Waals surface area contributed by atoms with Gasteiger partial charge in [0.2, 0.25) is 5.13 Å². The summed E-state index contributed by atoms with van der Waals surface area (Å²) in [5, 5.41) is 8.15. The molecule has 0 spiro atoms. The van der Waals surface area contributed by atoms with Gasteiger partial charge in [0.05, 0.1) is 21.6 Å². The number of hydrogen-bond donors (Lipinski definition) is 1. The van der Waals surface area contributed by atoms with Crippen LogP contribution in [-0.4, -0.2) is 15.7 Å². The number of para-hydroxylation sites is 1. The van der Waals surface area contributed by atoms with Gasteiger partial charge >= 0.3 is 0 Å². The maximum Gasteiger partial charge on any atom is 0.203 e. The fourth-order valence-corrected chi connectivity index (χ4v) is 3.85. The van der Waals surface area contributed by atoms with Crippen LogP contribution in [0.1, 0.15) is 11.9 Å². The van der Waals surface area contributed by atoms with Crippen LogP contribution in [0.2, 0.25) is 0 Å². The molecule has 4 rings (SSSR count). The Bertz CT molecular complexity index is 969. The number of hydrazone groups is 1. The first-order valence-electron chi connectivity index (χ1n) is 7.47. The summed E-state index contributed by atoms with van der Waals surface area (Å²) in [6.07, 6.45) is 0. The van der Waals surface area contributed by atoms with Crippen LogP contribution in [0.4, 0.5) is 5.13 Å². The number of aromatic nitrogens is 2. The Labute approximate surface area is 147 Å². The quantitative estimate of drug-likeness (QED) is 0.404. The second-order valence-electron chi connectivity index (χ2n) is 5.20. The Morgan fingerprint density at radius 2 is 1.79 bits per heavy atom. The van der Waals surface area contributed by atoms with Crippen molar-refractivity contribution in [3.05, 3.63) is 65.0 Å². The SMILES string of the molecule is C/C(=N/Nc1nc(-c2ccccc2)cs1)c1nc2ccccc2s1. The van der Waals surface area contributed by atoms with Crippen LogP contribution in [0.3, 0.4) is 0 Å². The van der Waals surface area contributed by atoms with Crippen molar-refractivity contribution < 1.29 is 0 Å². The minimum atomic E-state index is 0.773. The molecule has 0 radical (unpaired) electrons. The van der Waals surface area contributed by atoms with Crippen LogP contribution in [0.5, 0.6) is 0 Å². The molecule has 6 heteroatoms. The van der Waals surface area contributed by atoms with E-state index in [0.29, 0.717) is 0 Å². The molecule has 0 saturated carbocycles. The van der Waals surface area contributed by atoms with Gasteiger partial charge < -0.3 is 0 Å².